The Labute approximate surface area is 146 Å². The van der Waals surface area contributed by atoms with Gasteiger partial charge in [-0.1, -0.05) is 30.3 Å². The molecule has 0 unspecified atom stereocenters. The predicted octanol–water partition coefficient (Wildman–Crippen LogP) is 3.46. The standard InChI is InChI=1S/C19H20N6/c1-20-17-10-11-21-19(25-17)24-16-9-5-8-15-14(16)12-22-18(23-15)13-6-3-2-4-7-13/h2-4,6-7,10-12,16H,5,8-9H2,1H3,(H2,20,21,24,25)/t16-/m1/s1. The van der Waals surface area contributed by atoms with Crippen LogP contribution in [0.4, 0.5) is 11.8 Å². The van der Waals surface area contributed by atoms with Crippen LogP contribution in [0.15, 0.2) is 48.8 Å². The fourth-order valence-electron chi connectivity index (χ4n) is 3.15. The smallest absolute Gasteiger partial charge is 0.225 e. The van der Waals surface area contributed by atoms with Crippen LogP contribution in [0.25, 0.3) is 11.4 Å². The van der Waals surface area contributed by atoms with Crippen LogP contribution in [0.1, 0.15) is 30.1 Å². The molecule has 2 heterocycles. The molecular formula is C19H20N6. The highest BCUT2D eigenvalue weighted by Gasteiger charge is 2.23. The third-order valence-electron chi connectivity index (χ3n) is 4.43. The largest absolute Gasteiger partial charge is 0.373 e. The number of aromatic nitrogens is 4. The van der Waals surface area contributed by atoms with E-state index >= 15 is 0 Å². The quantitative estimate of drug-likeness (QED) is 0.762. The Morgan fingerprint density at radius 2 is 1.92 bits per heavy atom. The SMILES string of the molecule is CNc1ccnc(N[C@@H]2CCCc3nc(-c4ccccc4)ncc32)n1. The molecule has 2 N–H and O–H groups in total. The Hall–Kier alpha value is -3.02. The minimum atomic E-state index is 0.140. The first-order valence-corrected chi connectivity index (χ1v) is 8.52. The van der Waals surface area contributed by atoms with Crippen molar-refractivity contribution in [3.8, 4) is 11.4 Å². The molecule has 4 rings (SSSR count). The monoisotopic (exact) mass is 332 g/mol. The third-order valence-corrected chi connectivity index (χ3v) is 4.43. The summed E-state index contributed by atoms with van der Waals surface area (Å²) in [6, 6.07) is 12.1. The van der Waals surface area contributed by atoms with Crippen molar-refractivity contribution in [2.75, 3.05) is 17.7 Å². The molecule has 0 aliphatic heterocycles. The molecule has 3 aromatic rings. The topological polar surface area (TPSA) is 75.6 Å². The average molecular weight is 332 g/mol. The maximum atomic E-state index is 4.80. The van der Waals surface area contributed by atoms with Crippen molar-refractivity contribution in [1.82, 2.24) is 19.9 Å². The highest BCUT2D eigenvalue weighted by Crippen LogP contribution is 2.31. The van der Waals surface area contributed by atoms with Gasteiger partial charge in [-0.05, 0) is 25.3 Å². The van der Waals surface area contributed by atoms with Crippen LogP contribution in [0.3, 0.4) is 0 Å². The first-order valence-electron chi connectivity index (χ1n) is 8.52. The van der Waals surface area contributed by atoms with Crippen LogP contribution >= 0.6 is 0 Å². The fourth-order valence-corrected chi connectivity index (χ4v) is 3.15. The van der Waals surface area contributed by atoms with Gasteiger partial charge in [0, 0.05) is 36.3 Å². The molecule has 1 atom stereocenters. The summed E-state index contributed by atoms with van der Waals surface area (Å²) in [7, 11) is 1.85. The molecule has 0 spiro atoms. The van der Waals surface area contributed by atoms with Crippen LogP contribution in [-0.4, -0.2) is 27.0 Å². The molecule has 2 aromatic heterocycles. The zero-order valence-corrected chi connectivity index (χ0v) is 14.1. The zero-order valence-electron chi connectivity index (χ0n) is 14.1. The number of nitrogens with zero attached hydrogens (tertiary/aromatic N) is 4. The predicted molar refractivity (Wildman–Crippen MR) is 98.3 cm³/mol. The Kier molecular flexibility index (Phi) is 4.24. The molecule has 6 heteroatoms. The van der Waals surface area contributed by atoms with Crippen molar-refractivity contribution in [3.05, 3.63) is 60.0 Å². The molecule has 1 aromatic carbocycles. The van der Waals surface area contributed by atoms with Crippen molar-refractivity contribution < 1.29 is 0 Å². The highest BCUT2D eigenvalue weighted by atomic mass is 15.1. The summed E-state index contributed by atoms with van der Waals surface area (Å²) in [5.74, 6) is 2.20. The lowest BCUT2D eigenvalue weighted by Gasteiger charge is -2.25. The molecular weight excluding hydrogens is 312 g/mol. The lowest BCUT2D eigenvalue weighted by Crippen LogP contribution is -2.20. The molecule has 0 saturated carbocycles. The summed E-state index contributed by atoms with van der Waals surface area (Å²) in [4.78, 5) is 18.2. The first kappa shape index (κ1) is 15.5. The molecule has 1 aliphatic rings. The van der Waals surface area contributed by atoms with Crippen molar-refractivity contribution in [3.63, 3.8) is 0 Å². The summed E-state index contributed by atoms with van der Waals surface area (Å²) in [5, 5.41) is 6.46. The van der Waals surface area contributed by atoms with Crippen molar-refractivity contribution in [1.29, 1.82) is 0 Å². The summed E-state index contributed by atoms with van der Waals surface area (Å²) in [6.45, 7) is 0. The van der Waals surface area contributed by atoms with E-state index in [1.807, 2.05) is 49.6 Å². The number of hydrogen-bond acceptors (Lipinski definition) is 6. The Morgan fingerprint density at radius 1 is 1.04 bits per heavy atom. The number of fused-ring (bicyclic) bond motifs is 1. The number of benzene rings is 1. The van der Waals surface area contributed by atoms with E-state index in [0.29, 0.717) is 5.95 Å². The first-order chi connectivity index (χ1) is 12.3. The van der Waals surface area contributed by atoms with Crippen LogP contribution in [-0.2, 0) is 6.42 Å². The molecule has 126 valence electrons. The molecule has 25 heavy (non-hydrogen) atoms. The van der Waals surface area contributed by atoms with Gasteiger partial charge in [0.1, 0.15) is 5.82 Å². The third kappa shape index (κ3) is 3.28. The molecule has 0 radical (unpaired) electrons. The van der Waals surface area contributed by atoms with E-state index in [1.54, 1.807) is 6.20 Å². The Bertz CT molecular complexity index is 865. The maximum Gasteiger partial charge on any atom is 0.225 e. The van der Waals surface area contributed by atoms with E-state index in [2.05, 4.69) is 25.6 Å². The maximum absolute atomic E-state index is 4.80. The summed E-state index contributed by atoms with van der Waals surface area (Å²) in [6.07, 6.45) is 6.78. The van der Waals surface area contributed by atoms with Crippen molar-refractivity contribution >= 4 is 11.8 Å². The Morgan fingerprint density at radius 3 is 2.76 bits per heavy atom. The van der Waals surface area contributed by atoms with Crippen molar-refractivity contribution in [2.24, 2.45) is 0 Å². The van der Waals surface area contributed by atoms with E-state index < -0.39 is 0 Å². The van der Waals surface area contributed by atoms with Crippen LogP contribution in [0.2, 0.25) is 0 Å². The number of rotatable bonds is 4. The second kappa shape index (κ2) is 6.84. The lowest BCUT2D eigenvalue weighted by atomic mass is 9.92. The van der Waals surface area contributed by atoms with Crippen LogP contribution < -0.4 is 10.6 Å². The van der Waals surface area contributed by atoms with Gasteiger partial charge in [0.2, 0.25) is 5.95 Å². The normalized spacial score (nSPS) is 16.1. The Balaban J connectivity index is 1.61. The van der Waals surface area contributed by atoms with Gasteiger partial charge in [-0.2, -0.15) is 4.98 Å². The van der Waals surface area contributed by atoms with Gasteiger partial charge in [-0.3, -0.25) is 0 Å². The van der Waals surface area contributed by atoms with E-state index in [-0.39, 0.29) is 6.04 Å². The van der Waals surface area contributed by atoms with E-state index in [0.717, 1.165) is 47.7 Å². The van der Waals surface area contributed by atoms with Crippen molar-refractivity contribution in [2.45, 2.75) is 25.3 Å². The van der Waals surface area contributed by atoms with E-state index in [9.17, 15) is 0 Å². The number of aryl methyl sites for hydroxylation is 1. The molecule has 0 saturated heterocycles. The number of anilines is 2. The molecule has 6 nitrogen and oxygen atoms in total. The van der Waals surface area contributed by atoms with Gasteiger partial charge in [0.25, 0.3) is 0 Å². The lowest BCUT2D eigenvalue weighted by molar-refractivity contribution is 0.581. The van der Waals surface area contributed by atoms with Crippen LogP contribution in [0, 0.1) is 0 Å². The average Bonchev–Trinajstić information content (AvgIpc) is 2.69. The molecule has 0 bridgehead atoms. The zero-order chi connectivity index (χ0) is 17.1. The molecule has 0 amide bonds. The van der Waals surface area contributed by atoms with Gasteiger partial charge < -0.3 is 10.6 Å². The van der Waals surface area contributed by atoms with Crippen LogP contribution in [0.5, 0.6) is 0 Å². The highest BCUT2D eigenvalue weighted by molar-refractivity contribution is 5.55. The summed E-state index contributed by atoms with van der Waals surface area (Å²) >= 11 is 0. The number of nitrogens with one attached hydrogen (secondary N) is 2. The van der Waals surface area contributed by atoms with E-state index in [1.165, 1.54) is 0 Å². The van der Waals surface area contributed by atoms with E-state index in [4.69, 9.17) is 4.98 Å². The van der Waals surface area contributed by atoms with Gasteiger partial charge in [0.05, 0.1) is 6.04 Å². The minimum Gasteiger partial charge on any atom is -0.373 e. The van der Waals surface area contributed by atoms with Gasteiger partial charge >= 0.3 is 0 Å². The summed E-state index contributed by atoms with van der Waals surface area (Å²) in [5.41, 5.74) is 3.30. The fraction of sp³-hybridized carbons (Fsp3) is 0.263. The second-order valence-electron chi connectivity index (χ2n) is 6.07. The van der Waals surface area contributed by atoms with Gasteiger partial charge in [-0.25, -0.2) is 15.0 Å². The molecule has 1 aliphatic carbocycles. The van der Waals surface area contributed by atoms with Gasteiger partial charge in [-0.15, -0.1) is 0 Å². The number of hydrogen-bond donors (Lipinski definition) is 2. The minimum absolute atomic E-state index is 0.140. The second-order valence-corrected chi connectivity index (χ2v) is 6.07. The summed E-state index contributed by atoms with van der Waals surface area (Å²) < 4.78 is 0. The van der Waals surface area contributed by atoms with Gasteiger partial charge in [0.15, 0.2) is 5.82 Å². The molecule has 0 fully saturated rings.